The lowest BCUT2D eigenvalue weighted by molar-refractivity contribution is 0.0964. The third-order valence-corrected chi connectivity index (χ3v) is 8.64. The highest BCUT2D eigenvalue weighted by atomic mass is 32.2. The van der Waals surface area contributed by atoms with Crippen molar-refractivity contribution in [3.63, 3.8) is 0 Å². The number of para-hydroxylation sites is 1. The number of aryl methyl sites for hydroxylation is 1. The third kappa shape index (κ3) is 4.87. The van der Waals surface area contributed by atoms with E-state index in [0.717, 1.165) is 22.7 Å². The van der Waals surface area contributed by atoms with Gasteiger partial charge in [-0.05, 0) is 25.1 Å². The number of anilines is 1. The fourth-order valence-electron chi connectivity index (χ4n) is 5.14. The van der Waals surface area contributed by atoms with Crippen LogP contribution in [0.4, 0.5) is 5.69 Å². The number of fused-ring (bicyclic) bond motifs is 2. The number of furan rings is 1. The van der Waals surface area contributed by atoms with E-state index >= 15 is 0 Å². The minimum Gasteiger partial charge on any atom is -0.481 e. The van der Waals surface area contributed by atoms with Crippen LogP contribution in [0.3, 0.4) is 0 Å². The normalized spacial score (nSPS) is 11.7. The first-order valence-electron chi connectivity index (χ1n) is 13.4. The number of pyridine rings is 1. The van der Waals surface area contributed by atoms with E-state index in [-0.39, 0.29) is 11.8 Å². The second-order valence-corrected chi connectivity index (χ2v) is 12.2. The van der Waals surface area contributed by atoms with Crippen LogP contribution < -0.4 is 14.4 Å². The fraction of sp³-hybridized carbons (Fsp3) is 0.156. The molecular formula is C32H29N5O5S. The maximum absolute atomic E-state index is 13.3. The minimum atomic E-state index is -3.70. The zero-order chi connectivity index (χ0) is 30.5. The summed E-state index contributed by atoms with van der Waals surface area (Å²) in [6.45, 7) is 1.98. The van der Waals surface area contributed by atoms with Crippen molar-refractivity contribution >= 4 is 43.5 Å². The van der Waals surface area contributed by atoms with Crippen molar-refractivity contribution < 1.29 is 22.4 Å². The molecule has 0 fully saturated rings. The Morgan fingerprint density at radius 1 is 1.02 bits per heavy atom. The summed E-state index contributed by atoms with van der Waals surface area (Å²) < 4.78 is 40.6. The largest absolute Gasteiger partial charge is 0.481 e. The summed E-state index contributed by atoms with van der Waals surface area (Å²) in [6, 6.07) is 20.6. The quantitative estimate of drug-likeness (QED) is 0.256. The Hall–Kier alpha value is -5.16. The molecule has 3 heterocycles. The van der Waals surface area contributed by atoms with E-state index in [4.69, 9.17) is 9.15 Å². The van der Waals surface area contributed by atoms with E-state index in [1.165, 1.54) is 18.5 Å². The molecule has 0 unspecified atom stereocenters. The van der Waals surface area contributed by atoms with Crippen LogP contribution in [0.15, 0.2) is 83.5 Å². The molecule has 0 saturated heterocycles. The topological polar surface area (TPSA) is 120 Å². The molecule has 0 spiro atoms. The van der Waals surface area contributed by atoms with Crippen LogP contribution in [0.1, 0.15) is 15.9 Å². The molecule has 0 bridgehead atoms. The molecule has 0 atom stereocenters. The van der Waals surface area contributed by atoms with Crippen molar-refractivity contribution in [1.29, 1.82) is 0 Å². The molecule has 1 N–H and O–H groups in total. The van der Waals surface area contributed by atoms with E-state index in [2.05, 4.69) is 15.4 Å². The van der Waals surface area contributed by atoms with E-state index in [0.29, 0.717) is 50.4 Å². The summed E-state index contributed by atoms with van der Waals surface area (Å²) in [4.78, 5) is 17.9. The van der Waals surface area contributed by atoms with Gasteiger partial charge < -0.3 is 14.5 Å². The third-order valence-electron chi connectivity index (χ3n) is 7.45. The van der Waals surface area contributed by atoms with Crippen LogP contribution in [-0.4, -0.2) is 56.6 Å². The van der Waals surface area contributed by atoms with Crippen molar-refractivity contribution in [2.24, 2.45) is 0 Å². The van der Waals surface area contributed by atoms with Gasteiger partial charge >= 0.3 is 0 Å². The maximum atomic E-state index is 13.3. The molecule has 1 amide bonds. The average molecular weight is 596 g/mol. The summed E-state index contributed by atoms with van der Waals surface area (Å²) in [7, 11) is 0.812. The fourth-order valence-corrected chi connectivity index (χ4v) is 5.64. The molecule has 43 heavy (non-hydrogen) atoms. The summed E-state index contributed by atoms with van der Waals surface area (Å²) in [5, 5.41) is 8.73. The monoisotopic (exact) mass is 595 g/mol. The Morgan fingerprint density at radius 3 is 2.47 bits per heavy atom. The highest BCUT2D eigenvalue weighted by Crippen LogP contribution is 2.43. The van der Waals surface area contributed by atoms with Crippen LogP contribution in [0.5, 0.6) is 5.88 Å². The minimum absolute atomic E-state index is 0.270. The van der Waals surface area contributed by atoms with E-state index < -0.39 is 10.0 Å². The Kier molecular flexibility index (Phi) is 6.89. The molecule has 6 aromatic rings. The second-order valence-electron chi connectivity index (χ2n) is 10.2. The number of methoxy groups -OCH3 is 1. The van der Waals surface area contributed by atoms with Crippen molar-refractivity contribution in [2.45, 2.75) is 6.92 Å². The zero-order valence-corrected chi connectivity index (χ0v) is 25.1. The predicted octanol–water partition coefficient (Wildman–Crippen LogP) is 5.57. The molecule has 11 heteroatoms. The van der Waals surface area contributed by atoms with Crippen LogP contribution in [0.25, 0.3) is 50.0 Å². The van der Waals surface area contributed by atoms with Crippen LogP contribution in [0, 0.1) is 6.92 Å². The van der Waals surface area contributed by atoms with E-state index in [1.807, 2.05) is 61.5 Å². The number of aromatic nitrogens is 3. The Morgan fingerprint density at radius 2 is 1.77 bits per heavy atom. The van der Waals surface area contributed by atoms with Crippen LogP contribution >= 0.6 is 0 Å². The average Bonchev–Trinajstić information content (AvgIpc) is 3.61. The molecule has 10 nitrogen and oxygen atoms in total. The number of hydrogen-bond acceptors (Lipinski definition) is 7. The SMILES string of the molecule is CNC(=O)c1c(-c2ccc(C)cc2)oc2cc(N(C)S(C)(=O)=O)c(-c3cc(-n4ncc5ccccc54)cnc3OC)cc12. The lowest BCUT2D eigenvalue weighted by Gasteiger charge is -2.21. The molecule has 3 aromatic heterocycles. The van der Waals surface area contributed by atoms with Crippen LogP contribution in [-0.2, 0) is 10.0 Å². The Balaban J connectivity index is 1.67. The van der Waals surface area contributed by atoms with Gasteiger partial charge in [-0.2, -0.15) is 5.10 Å². The summed E-state index contributed by atoms with van der Waals surface area (Å²) in [5.41, 5.74) is 5.29. The van der Waals surface area contributed by atoms with Gasteiger partial charge in [-0.1, -0.05) is 48.0 Å². The van der Waals surface area contributed by atoms with Crippen molar-refractivity contribution in [2.75, 3.05) is 31.8 Å². The highest BCUT2D eigenvalue weighted by molar-refractivity contribution is 7.92. The number of nitrogens with one attached hydrogen (secondary N) is 1. The lowest BCUT2D eigenvalue weighted by atomic mass is 9.98. The van der Waals surface area contributed by atoms with Gasteiger partial charge in [-0.25, -0.2) is 18.1 Å². The summed E-state index contributed by atoms with van der Waals surface area (Å²) in [5.74, 6) is 0.305. The zero-order valence-electron chi connectivity index (χ0n) is 24.2. The van der Waals surface area contributed by atoms with E-state index in [9.17, 15) is 13.2 Å². The first-order chi connectivity index (χ1) is 20.6. The van der Waals surface area contributed by atoms with Crippen molar-refractivity contribution in [3.05, 3.63) is 90.3 Å². The number of nitrogens with zero attached hydrogens (tertiary/aromatic N) is 4. The smallest absolute Gasteiger partial charge is 0.255 e. The number of carbonyl (C=O) groups is 1. The number of amides is 1. The van der Waals surface area contributed by atoms with Gasteiger partial charge in [0, 0.05) is 47.6 Å². The number of sulfonamides is 1. The summed E-state index contributed by atoms with van der Waals surface area (Å²) in [6.07, 6.45) is 4.53. The van der Waals surface area contributed by atoms with Gasteiger partial charge in [0.2, 0.25) is 15.9 Å². The highest BCUT2D eigenvalue weighted by Gasteiger charge is 2.27. The molecule has 0 saturated carbocycles. The number of benzene rings is 3. The standard InChI is InChI=1S/C32H29N5O5S/c1-19-10-12-20(13-11-19)30-29(31(38)33-2)25-15-23(27(16-28(25)42-30)36(3)43(5,39)40)24-14-22(18-34-32(24)41-4)37-26-9-7-6-8-21(26)17-35-37/h6-18H,1-5H3,(H,33,38). The number of rotatable bonds is 7. The number of hydrogen-bond donors (Lipinski definition) is 1. The predicted molar refractivity (Wildman–Crippen MR) is 167 cm³/mol. The Bertz CT molecular complexity index is 2130. The van der Waals surface area contributed by atoms with Gasteiger partial charge in [0.05, 0.1) is 48.2 Å². The molecular weight excluding hydrogens is 566 g/mol. The molecule has 218 valence electrons. The maximum Gasteiger partial charge on any atom is 0.255 e. The molecule has 0 aliphatic rings. The van der Waals surface area contributed by atoms with Crippen molar-refractivity contribution in [3.8, 4) is 34.0 Å². The first kappa shape index (κ1) is 28.0. The number of carbonyl (C=O) groups excluding carboxylic acids is 1. The molecule has 0 radical (unpaired) electrons. The Labute approximate surface area is 248 Å². The van der Waals surface area contributed by atoms with E-state index in [1.54, 1.807) is 36.3 Å². The molecule has 0 aliphatic carbocycles. The van der Waals surface area contributed by atoms with Crippen LogP contribution in [0.2, 0.25) is 0 Å². The second kappa shape index (κ2) is 10.6. The van der Waals surface area contributed by atoms with Crippen molar-refractivity contribution in [1.82, 2.24) is 20.1 Å². The molecule has 0 aliphatic heterocycles. The summed E-state index contributed by atoms with van der Waals surface area (Å²) >= 11 is 0. The first-order valence-corrected chi connectivity index (χ1v) is 15.3. The number of ether oxygens (including phenoxy) is 1. The molecule has 6 rings (SSSR count). The van der Waals surface area contributed by atoms with Gasteiger partial charge in [-0.3, -0.25) is 9.10 Å². The van der Waals surface area contributed by atoms with Gasteiger partial charge in [0.1, 0.15) is 11.3 Å². The molecule has 3 aromatic carbocycles. The van der Waals surface area contributed by atoms with Gasteiger partial charge in [0.15, 0.2) is 0 Å². The lowest BCUT2D eigenvalue weighted by Crippen LogP contribution is -2.25. The van der Waals surface area contributed by atoms with Gasteiger partial charge in [0.25, 0.3) is 5.91 Å². The van der Waals surface area contributed by atoms with Gasteiger partial charge in [-0.15, -0.1) is 0 Å².